The Labute approximate surface area is 129 Å². The number of fused-ring (bicyclic) bond motifs is 1. The molecule has 2 N–H and O–H groups in total. The van der Waals surface area contributed by atoms with Crippen molar-refractivity contribution in [2.75, 3.05) is 31.1 Å². The Morgan fingerprint density at radius 2 is 2.18 bits per heavy atom. The molecule has 6 heteroatoms. The molecule has 2 aliphatic rings. The van der Waals surface area contributed by atoms with Crippen LogP contribution in [0.15, 0.2) is 24.3 Å². The summed E-state index contributed by atoms with van der Waals surface area (Å²) >= 11 is 0. The molecular formula is C16H21N3O3. The zero-order valence-electron chi connectivity index (χ0n) is 12.5. The van der Waals surface area contributed by atoms with Gasteiger partial charge in [0.05, 0.1) is 5.69 Å². The highest BCUT2D eigenvalue weighted by Gasteiger charge is 2.27. The minimum absolute atomic E-state index is 0.0276. The first kappa shape index (κ1) is 14.8. The van der Waals surface area contributed by atoms with Crippen LogP contribution in [0.5, 0.6) is 5.75 Å². The van der Waals surface area contributed by atoms with Crippen molar-refractivity contribution in [2.45, 2.75) is 25.3 Å². The molecule has 1 aromatic carbocycles. The van der Waals surface area contributed by atoms with Gasteiger partial charge in [-0.3, -0.25) is 9.59 Å². The lowest BCUT2D eigenvalue weighted by atomic mass is 10.1. The third-order valence-corrected chi connectivity index (χ3v) is 4.17. The van der Waals surface area contributed by atoms with E-state index in [-0.39, 0.29) is 24.5 Å². The van der Waals surface area contributed by atoms with E-state index in [1.165, 1.54) is 0 Å². The number of benzene rings is 1. The summed E-state index contributed by atoms with van der Waals surface area (Å²) in [5.74, 6) is 0.642. The highest BCUT2D eigenvalue weighted by atomic mass is 16.5. The number of rotatable bonds is 3. The summed E-state index contributed by atoms with van der Waals surface area (Å²) in [5.41, 5.74) is 6.65. The molecule has 22 heavy (non-hydrogen) atoms. The van der Waals surface area contributed by atoms with Crippen molar-refractivity contribution in [3.63, 3.8) is 0 Å². The van der Waals surface area contributed by atoms with Crippen LogP contribution < -0.4 is 15.4 Å². The van der Waals surface area contributed by atoms with Crippen molar-refractivity contribution < 1.29 is 14.3 Å². The number of carbonyl (C=O) groups excluding carboxylic acids is 2. The van der Waals surface area contributed by atoms with Gasteiger partial charge in [0.15, 0.2) is 6.61 Å². The highest BCUT2D eigenvalue weighted by molar-refractivity contribution is 5.98. The number of para-hydroxylation sites is 2. The molecule has 2 aliphatic heterocycles. The van der Waals surface area contributed by atoms with Crippen molar-refractivity contribution in [2.24, 2.45) is 5.73 Å². The largest absolute Gasteiger partial charge is 0.482 e. The first-order chi connectivity index (χ1) is 10.6. The van der Waals surface area contributed by atoms with Crippen LogP contribution in [0.2, 0.25) is 0 Å². The summed E-state index contributed by atoms with van der Waals surface area (Å²) in [6, 6.07) is 7.48. The van der Waals surface area contributed by atoms with Crippen LogP contribution in [-0.2, 0) is 9.59 Å². The van der Waals surface area contributed by atoms with Gasteiger partial charge in [-0.2, -0.15) is 0 Å². The van der Waals surface area contributed by atoms with Gasteiger partial charge < -0.3 is 20.3 Å². The standard InChI is InChI=1S/C16H21N3O3/c17-12-4-3-8-18(10-12)15(20)7-9-19-13-5-1-2-6-14(13)22-11-16(19)21/h1-2,5-6,12H,3-4,7-11,17H2. The van der Waals surface area contributed by atoms with Crippen molar-refractivity contribution in [1.29, 1.82) is 0 Å². The fourth-order valence-corrected chi connectivity index (χ4v) is 3.00. The number of hydrogen-bond donors (Lipinski definition) is 1. The van der Waals surface area contributed by atoms with Gasteiger partial charge in [0.1, 0.15) is 5.75 Å². The van der Waals surface area contributed by atoms with Crippen LogP contribution in [0.4, 0.5) is 5.69 Å². The number of anilines is 1. The second kappa shape index (κ2) is 6.36. The van der Waals surface area contributed by atoms with Crippen molar-refractivity contribution in [3.05, 3.63) is 24.3 Å². The normalized spacial score (nSPS) is 21.3. The summed E-state index contributed by atoms with van der Waals surface area (Å²) in [4.78, 5) is 27.8. The third kappa shape index (κ3) is 3.06. The lowest BCUT2D eigenvalue weighted by Gasteiger charge is -2.33. The Hall–Kier alpha value is -2.08. The van der Waals surface area contributed by atoms with Gasteiger partial charge in [0.25, 0.3) is 5.91 Å². The molecule has 118 valence electrons. The first-order valence-corrected chi connectivity index (χ1v) is 7.70. The summed E-state index contributed by atoms with van der Waals surface area (Å²) in [6.07, 6.45) is 2.23. The molecule has 0 spiro atoms. The lowest BCUT2D eigenvalue weighted by Crippen LogP contribution is -2.47. The molecule has 3 rings (SSSR count). The molecule has 0 saturated carbocycles. The number of carbonyl (C=O) groups is 2. The summed E-state index contributed by atoms with van der Waals surface area (Å²) < 4.78 is 5.40. The average molecular weight is 303 g/mol. The maximum Gasteiger partial charge on any atom is 0.265 e. The quantitative estimate of drug-likeness (QED) is 0.894. The van der Waals surface area contributed by atoms with Crippen LogP contribution in [0.1, 0.15) is 19.3 Å². The topological polar surface area (TPSA) is 75.9 Å². The van der Waals surface area contributed by atoms with Gasteiger partial charge in [0, 0.05) is 32.1 Å². The molecule has 1 saturated heterocycles. The molecule has 2 heterocycles. The number of likely N-dealkylation sites (tertiary alicyclic amines) is 1. The van der Waals surface area contributed by atoms with Crippen LogP contribution >= 0.6 is 0 Å². The second-order valence-electron chi connectivity index (χ2n) is 5.79. The maximum atomic E-state index is 12.3. The molecule has 1 aromatic rings. The van der Waals surface area contributed by atoms with Gasteiger partial charge in [-0.25, -0.2) is 0 Å². The highest BCUT2D eigenvalue weighted by Crippen LogP contribution is 2.31. The number of piperidine rings is 1. The number of ether oxygens (including phenoxy) is 1. The minimum Gasteiger partial charge on any atom is -0.482 e. The van der Waals surface area contributed by atoms with E-state index in [4.69, 9.17) is 10.5 Å². The molecule has 1 atom stereocenters. The Balaban J connectivity index is 1.63. The van der Waals surface area contributed by atoms with Crippen LogP contribution in [0, 0.1) is 0 Å². The number of hydrogen-bond acceptors (Lipinski definition) is 4. The molecule has 1 fully saturated rings. The molecule has 0 bridgehead atoms. The van der Waals surface area contributed by atoms with Crippen LogP contribution in [0.25, 0.3) is 0 Å². The first-order valence-electron chi connectivity index (χ1n) is 7.70. The number of nitrogens with zero attached hydrogens (tertiary/aromatic N) is 2. The molecule has 6 nitrogen and oxygen atoms in total. The van der Waals surface area contributed by atoms with Gasteiger partial charge >= 0.3 is 0 Å². The molecule has 0 radical (unpaired) electrons. The van der Waals surface area contributed by atoms with Crippen LogP contribution in [-0.4, -0.2) is 49.0 Å². The molecular weight excluding hydrogens is 282 g/mol. The van der Waals surface area contributed by atoms with E-state index in [1.54, 1.807) is 4.90 Å². The minimum atomic E-state index is -0.109. The predicted octanol–water partition coefficient (Wildman–Crippen LogP) is 0.752. The van der Waals surface area contributed by atoms with E-state index in [0.717, 1.165) is 25.1 Å². The summed E-state index contributed by atoms with van der Waals surface area (Å²) in [6.45, 7) is 1.79. The Kier molecular flexibility index (Phi) is 4.29. The van der Waals surface area contributed by atoms with E-state index in [1.807, 2.05) is 29.2 Å². The number of nitrogens with two attached hydrogens (primary N) is 1. The molecule has 1 unspecified atom stereocenters. The van der Waals surface area contributed by atoms with E-state index >= 15 is 0 Å². The van der Waals surface area contributed by atoms with Gasteiger partial charge in [0.2, 0.25) is 5.91 Å². The van der Waals surface area contributed by atoms with Crippen molar-refractivity contribution >= 4 is 17.5 Å². The van der Waals surface area contributed by atoms with Crippen LogP contribution in [0.3, 0.4) is 0 Å². The smallest absolute Gasteiger partial charge is 0.265 e. The van der Waals surface area contributed by atoms with Crippen molar-refractivity contribution in [1.82, 2.24) is 4.90 Å². The van der Waals surface area contributed by atoms with Gasteiger partial charge in [-0.1, -0.05) is 12.1 Å². The van der Waals surface area contributed by atoms with E-state index in [2.05, 4.69) is 0 Å². The van der Waals surface area contributed by atoms with Crippen molar-refractivity contribution in [3.8, 4) is 5.75 Å². The monoisotopic (exact) mass is 303 g/mol. The second-order valence-corrected chi connectivity index (χ2v) is 5.79. The SMILES string of the molecule is NC1CCCN(C(=O)CCN2C(=O)COc3ccccc32)C1. The Morgan fingerprint density at radius 1 is 1.36 bits per heavy atom. The zero-order valence-corrected chi connectivity index (χ0v) is 12.5. The van der Waals surface area contributed by atoms with Gasteiger partial charge in [-0.15, -0.1) is 0 Å². The van der Waals surface area contributed by atoms with E-state index in [9.17, 15) is 9.59 Å². The molecule has 0 aromatic heterocycles. The van der Waals surface area contributed by atoms with E-state index < -0.39 is 0 Å². The van der Waals surface area contributed by atoms with E-state index in [0.29, 0.717) is 25.3 Å². The predicted molar refractivity (Wildman–Crippen MR) is 82.7 cm³/mol. The lowest BCUT2D eigenvalue weighted by molar-refractivity contribution is -0.132. The van der Waals surface area contributed by atoms with Gasteiger partial charge in [-0.05, 0) is 25.0 Å². The number of amides is 2. The Bertz CT molecular complexity index is 576. The molecule has 0 aliphatic carbocycles. The summed E-state index contributed by atoms with van der Waals surface area (Å²) in [5, 5.41) is 0. The fraction of sp³-hybridized carbons (Fsp3) is 0.500. The maximum absolute atomic E-state index is 12.3. The Morgan fingerprint density at radius 3 is 3.00 bits per heavy atom. The molecule has 2 amide bonds. The summed E-state index contributed by atoms with van der Waals surface area (Å²) in [7, 11) is 0. The fourth-order valence-electron chi connectivity index (χ4n) is 3.00. The third-order valence-electron chi connectivity index (χ3n) is 4.17. The average Bonchev–Trinajstić information content (AvgIpc) is 2.53. The zero-order chi connectivity index (χ0) is 15.5.